The fraction of sp³-hybridized carbons (Fsp3) is 0.625. The van der Waals surface area contributed by atoms with Crippen molar-refractivity contribution in [1.82, 2.24) is 0 Å². The maximum absolute atomic E-state index is 10.3. The number of hydrogen-bond acceptors (Lipinski definition) is 2. The quantitative estimate of drug-likeness (QED) is 0.888. The van der Waals surface area contributed by atoms with E-state index in [-0.39, 0.29) is 17.4 Å². The summed E-state index contributed by atoms with van der Waals surface area (Å²) in [6.07, 6.45) is 2.59. The first-order valence-electron chi connectivity index (χ1n) is 6.84. The van der Waals surface area contributed by atoms with Crippen LogP contribution in [0.1, 0.15) is 39.2 Å². The number of fused-ring (bicyclic) bond motifs is 1. The number of aliphatic hydroxyl groups excluding tert-OH is 1. The van der Waals surface area contributed by atoms with E-state index in [0.29, 0.717) is 6.61 Å². The molecule has 0 fully saturated rings. The van der Waals surface area contributed by atoms with Crippen LogP contribution in [-0.4, -0.2) is 17.8 Å². The summed E-state index contributed by atoms with van der Waals surface area (Å²) in [4.78, 5) is 0. The van der Waals surface area contributed by atoms with E-state index in [1.54, 1.807) is 0 Å². The van der Waals surface area contributed by atoms with Crippen molar-refractivity contribution in [2.45, 2.75) is 46.1 Å². The first kappa shape index (κ1) is 13.4. The molecule has 2 rings (SSSR count). The average Bonchev–Trinajstić information content (AvgIpc) is 2.34. The lowest BCUT2D eigenvalue weighted by Crippen LogP contribution is -2.32. The van der Waals surface area contributed by atoms with Crippen LogP contribution in [0.4, 0.5) is 0 Å². The van der Waals surface area contributed by atoms with Crippen LogP contribution in [0.3, 0.4) is 0 Å². The van der Waals surface area contributed by atoms with E-state index < -0.39 is 0 Å². The van der Waals surface area contributed by atoms with E-state index in [2.05, 4.69) is 26.8 Å². The van der Waals surface area contributed by atoms with Gasteiger partial charge in [-0.2, -0.15) is 0 Å². The summed E-state index contributed by atoms with van der Waals surface area (Å²) in [7, 11) is 0. The van der Waals surface area contributed by atoms with Gasteiger partial charge in [0.2, 0.25) is 0 Å². The van der Waals surface area contributed by atoms with Gasteiger partial charge in [-0.05, 0) is 36.3 Å². The van der Waals surface area contributed by atoms with E-state index in [0.717, 1.165) is 25.0 Å². The Morgan fingerprint density at radius 1 is 1.33 bits per heavy atom. The van der Waals surface area contributed by atoms with Crippen molar-refractivity contribution < 1.29 is 9.84 Å². The predicted molar refractivity (Wildman–Crippen MR) is 73.8 cm³/mol. The van der Waals surface area contributed by atoms with Crippen LogP contribution < -0.4 is 4.74 Å². The van der Waals surface area contributed by atoms with Crippen molar-refractivity contribution >= 4 is 0 Å². The van der Waals surface area contributed by atoms with E-state index in [4.69, 9.17) is 4.74 Å². The molecule has 1 aliphatic heterocycles. The molecule has 18 heavy (non-hydrogen) atoms. The summed E-state index contributed by atoms with van der Waals surface area (Å²) in [5.41, 5.74) is 1.51. The Bertz CT molecular complexity index is 392. The Morgan fingerprint density at radius 3 is 2.78 bits per heavy atom. The third kappa shape index (κ3) is 3.49. The lowest BCUT2D eigenvalue weighted by molar-refractivity contribution is 0.0503. The third-order valence-electron chi connectivity index (χ3n) is 3.64. The SMILES string of the molecule is CC(C)(C)CCC(O)C1COc2ccccc2C1. The highest BCUT2D eigenvalue weighted by Gasteiger charge is 2.26. The molecule has 1 aromatic carbocycles. The summed E-state index contributed by atoms with van der Waals surface area (Å²) in [5.74, 6) is 1.22. The summed E-state index contributed by atoms with van der Waals surface area (Å²) in [5, 5.41) is 10.3. The van der Waals surface area contributed by atoms with Crippen molar-refractivity contribution in [3.8, 4) is 5.75 Å². The molecule has 0 saturated heterocycles. The number of para-hydroxylation sites is 1. The van der Waals surface area contributed by atoms with Gasteiger partial charge in [0.05, 0.1) is 12.7 Å². The lowest BCUT2D eigenvalue weighted by Gasteiger charge is -2.30. The molecule has 0 aromatic heterocycles. The van der Waals surface area contributed by atoms with Crippen molar-refractivity contribution in [2.24, 2.45) is 11.3 Å². The van der Waals surface area contributed by atoms with Gasteiger partial charge in [0.15, 0.2) is 0 Å². The molecule has 0 spiro atoms. The molecule has 2 nitrogen and oxygen atoms in total. The Balaban J connectivity index is 1.92. The highest BCUT2D eigenvalue weighted by molar-refractivity contribution is 5.35. The first-order valence-corrected chi connectivity index (χ1v) is 6.84. The van der Waals surface area contributed by atoms with Gasteiger partial charge in [-0.3, -0.25) is 0 Å². The average molecular weight is 248 g/mol. The molecule has 1 aliphatic rings. The van der Waals surface area contributed by atoms with Gasteiger partial charge in [-0.1, -0.05) is 39.0 Å². The smallest absolute Gasteiger partial charge is 0.122 e. The minimum atomic E-state index is -0.252. The second kappa shape index (κ2) is 5.31. The maximum atomic E-state index is 10.3. The second-order valence-corrected chi connectivity index (χ2v) is 6.55. The van der Waals surface area contributed by atoms with Crippen LogP contribution in [0, 0.1) is 11.3 Å². The second-order valence-electron chi connectivity index (χ2n) is 6.55. The molecule has 0 saturated carbocycles. The largest absolute Gasteiger partial charge is 0.493 e. The molecule has 1 aromatic rings. The van der Waals surface area contributed by atoms with Crippen LogP contribution in [0.2, 0.25) is 0 Å². The van der Waals surface area contributed by atoms with E-state index in [1.807, 2.05) is 18.2 Å². The summed E-state index contributed by atoms with van der Waals surface area (Å²) < 4.78 is 5.73. The van der Waals surface area contributed by atoms with Crippen LogP contribution in [0.25, 0.3) is 0 Å². The normalized spacial score (nSPS) is 21.0. The van der Waals surface area contributed by atoms with E-state index >= 15 is 0 Å². The number of ether oxygens (including phenoxy) is 1. The topological polar surface area (TPSA) is 29.5 Å². The highest BCUT2D eigenvalue weighted by atomic mass is 16.5. The minimum Gasteiger partial charge on any atom is -0.493 e. The van der Waals surface area contributed by atoms with E-state index in [1.165, 1.54) is 5.56 Å². The van der Waals surface area contributed by atoms with Crippen molar-refractivity contribution in [3.05, 3.63) is 29.8 Å². The van der Waals surface area contributed by atoms with Gasteiger partial charge in [0, 0.05) is 5.92 Å². The molecule has 2 heteroatoms. The van der Waals surface area contributed by atoms with Gasteiger partial charge in [0.1, 0.15) is 5.75 Å². The van der Waals surface area contributed by atoms with Gasteiger partial charge in [-0.15, -0.1) is 0 Å². The fourth-order valence-electron chi connectivity index (χ4n) is 2.42. The van der Waals surface area contributed by atoms with Gasteiger partial charge < -0.3 is 9.84 Å². The number of aliphatic hydroxyl groups is 1. The summed E-state index contributed by atoms with van der Waals surface area (Å²) >= 11 is 0. The van der Waals surface area contributed by atoms with Gasteiger partial charge in [-0.25, -0.2) is 0 Å². The van der Waals surface area contributed by atoms with E-state index in [9.17, 15) is 5.11 Å². The summed E-state index contributed by atoms with van der Waals surface area (Å²) in [6.45, 7) is 7.29. The minimum absolute atomic E-state index is 0.238. The van der Waals surface area contributed by atoms with Crippen molar-refractivity contribution in [2.75, 3.05) is 6.61 Å². The monoisotopic (exact) mass is 248 g/mol. The predicted octanol–water partition coefficient (Wildman–Crippen LogP) is 3.42. The molecule has 0 amide bonds. The Labute approximate surface area is 110 Å². The molecular weight excluding hydrogens is 224 g/mol. The molecule has 1 heterocycles. The molecule has 0 bridgehead atoms. The Hall–Kier alpha value is -1.02. The number of rotatable bonds is 3. The van der Waals surface area contributed by atoms with Crippen LogP contribution in [0.5, 0.6) is 5.75 Å². The zero-order valence-electron chi connectivity index (χ0n) is 11.6. The molecule has 1 N–H and O–H groups in total. The van der Waals surface area contributed by atoms with Crippen LogP contribution in [-0.2, 0) is 6.42 Å². The zero-order chi connectivity index (χ0) is 13.2. The first-order chi connectivity index (χ1) is 8.46. The summed E-state index contributed by atoms with van der Waals surface area (Å²) in [6, 6.07) is 8.13. The molecule has 0 aliphatic carbocycles. The standard InChI is InChI=1S/C16H24O2/c1-16(2,3)9-8-14(17)13-10-12-6-4-5-7-15(12)18-11-13/h4-7,13-14,17H,8-11H2,1-3H3. The Kier molecular flexibility index (Phi) is 3.96. The zero-order valence-corrected chi connectivity index (χ0v) is 11.6. The molecule has 2 unspecified atom stereocenters. The molecule has 100 valence electrons. The van der Waals surface area contributed by atoms with Crippen LogP contribution in [0.15, 0.2) is 24.3 Å². The number of hydrogen-bond donors (Lipinski definition) is 1. The lowest BCUT2D eigenvalue weighted by atomic mass is 9.84. The highest BCUT2D eigenvalue weighted by Crippen LogP contribution is 2.31. The molecular formula is C16H24O2. The van der Waals surface area contributed by atoms with Crippen LogP contribution >= 0.6 is 0 Å². The van der Waals surface area contributed by atoms with Gasteiger partial charge in [0.25, 0.3) is 0 Å². The van der Waals surface area contributed by atoms with Gasteiger partial charge >= 0.3 is 0 Å². The van der Waals surface area contributed by atoms with Crippen molar-refractivity contribution in [1.29, 1.82) is 0 Å². The Morgan fingerprint density at radius 2 is 2.06 bits per heavy atom. The fourth-order valence-corrected chi connectivity index (χ4v) is 2.42. The number of benzene rings is 1. The van der Waals surface area contributed by atoms with Crippen molar-refractivity contribution in [3.63, 3.8) is 0 Å². The maximum Gasteiger partial charge on any atom is 0.122 e. The third-order valence-corrected chi connectivity index (χ3v) is 3.64. The molecule has 2 atom stereocenters. The molecule has 0 radical (unpaired) electrons.